The third-order valence-corrected chi connectivity index (χ3v) is 7.75. The van der Waals surface area contributed by atoms with E-state index >= 15 is 0 Å². The first-order valence-electron chi connectivity index (χ1n) is 12.7. The number of amides is 2. The number of aryl methyl sites for hydroxylation is 1. The summed E-state index contributed by atoms with van der Waals surface area (Å²) in [5.41, 5.74) is 7.64. The van der Waals surface area contributed by atoms with Gasteiger partial charge in [-0.15, -0.1) is 0 Å². The van der Waals surface area contributed by atoms with Crippen molar-refractivity contribution in [3.8, 4) is 5.75 Å². The molecule has 1 saturated carbocycles. The zero-order valence-corrected chi connectivity index (χ0v) is 21.9. The van der Waals surface area contributed by atoms with E-state index in [1.165, 1.54) is 0 Å². The highest BCUT2D eigenvalue weighted by molar-refractivity contribution is 5.99. The zero-order valence-electron chi connectivity index (χ0n) is 21.9. The summed E-state index contributed by atoms with van der Waals surface area (Å²) in [6.07, 6.45) is 3.09. The van der Waals surface area contributed by atoms with Crippen LogP contribution in [0.4, 0.5) is 0 Å². The maximum atomic E-state index is 13.4. The number of nitrogens with one attached hydrogen (secondary N) is 1. The molecule has 2 heterocycles. The summed E-state index contributed by atoms with van der Waals surface area (Å²) in [5, 5.41) is 3.29. The fourth-order valence-electron chi connectivity index (χ4n) is 5.56. The molecule has 1 aliphatic carbocycles. The van der Waals surface area contributed by atoms with E-state index in [2.05, 4.69) is 16.4 Å². The molecule has 2 aliphatic heterocycles. The van der Waals surface area contributed by atoms with Crippen molar-refractivity contribution in [1.29, 1.82) is 0 Å². The molecule has 0 aromatic heterocycles. The summed E-state index contributed by atoms with van der Waals surface area (Å²) in [7, 11) is 1.64. The summed E-state index contributed by atoms with van der Waals surface area (Å²) in [4.78, 5) is 32.9. The number of carbonyl (C=O) groups is 2. The minimum Gasteiger partial charge on any atom is -0.487 e. The van der Waals surface area contributed by atoms with Crippen molar-refractivity contribution in [2.75, 3.05) is 13.7 Å². The number of hydrogen-bond donors (Lipinski definition) is 2. The SMILES string of the molecule is CCC1(C)CC(=O)N(C(CCOC)C2CC2C(=O)NC2CC(C)(C)Oc3ccc(C)cc32)C(N)=N1. The Morgan fingerprint density at radius 1 is 1.37 bits per heavy atom. The van der Waals surface area contributed by atoms with Crippen LogP contribution in [0.1, 0.15) is 77.0 Å². The number of guanidine groups is 1. The highest BCUT2D eigenvalue weighted by Gasteiger charge is 2.52. The quantitative estimate of drug-likeness (QED) is 0.588. The molecule has 5 unspecified atom stereocenters. The van der Waals surface area contributed by atoms with Gasteiger partial charge < -0.3 is 20.5 Å². The van der Waals surface area contributed by atoms with Crippen LogP contribution >= 0.6 is 0 Å². The fraction of sp³-hybridized carbons (Fsp3) is 0.667. The summed E-state index contributed by atoms with van der Waals surface area (Å²) < 4.78 is 11.5. The summed E-state index contributed by atoms with van der Waals surface area (Å²) in [5.74, 6) is 0.933. The molecule has 0 bridgehead atoms. The Balaban J connectivity index is 1.51. The predicted octanol–water partition coefficient (Wildman–Crippen LogP) is 3.47. The number of nitrogens with two attached hydrogens (primary N) is 1. The van der Waals surface area contributed by atoms with Crippen molar-refractivity contribution >= 4 is 17.8 Å². The maximum absolute atomic E-state index is 13.4. The zero-order chi connectivity index (χ0) is 25.5. The van der Waals surface area contributed by atoms with Gasteiger partial charge in [-0.3, -0.25) is 14.5 Å². The molecule has 8 nitrogen and oxygen atoms in total. The molecule has 0 radical (unpaired) electrons. The molecule has 1 aromatic rings. The van der Waals surface area contributed by atoms with E-state index in [-0.39, 0.29) is 47.3 Å². The average Bonchev–Trinajstić information content (AvgIpc) is 3.56. The van der Waals surface area contributed by atoms with E-state index in [9.17, 15) is 9.59 Å². The molecule has 0 saturated heterocycles. The third kappa shape index (κ3) is 5.32. The first kappa shape index (κ1) is 25.5. The molecule has 3 aliphatic rings. The van der Waals surface area contributed by atoms with Crippen LogP contribution in [-0.2, 0) is 14.3 Å². The molecule has 8 heteroatoms. The monoisotopic (exact) mass is 484 g/mol. The molecular formula is C27H40N4O4. The van der Waals surface area contributed by atoms with Crippen LogP contribution in [0.5, 0.6) is 5.75 Å². The number of carbonyl (C=O) groups excluding carboxylic acids is 2. The average molecular weight is 485 g/mol. The summed E-state index contributed by atoms with van der Waals surface area (Å²) >= 11 is 0. The molecule has 1 fully saturated rings. The number of methoxy groups -OCH3 is 1. The Labute approximate surface area is 208 Å². The third-order valence-electron chi connectivity index (χ3n) is 7.75. The molecule has 192 valence electrons. The summed E-state index contributed by atoms with van der Waals surface area (Å²) in [6, 6.07) is 5.79. The Morgan fingerprint density at radius 2 is 2.11 bits per heavy atom. The van der Waals surface area contributed by atoms with Crippen LogP contribution < -0.4 is 15.8 Å². The van der Waals surface area contributed by atoms with E-state index in [0.717, 1.165) is 29.7 Å². The molecular weight excluding hydrogens is 444 g/mol. The minimum atomic E-state index is -0.467. The van der Waals surface area contributed by atoms with Crippen LogP contribution in [0.3, 0.4) is 0 Å². The Hall–Kier alpha value is -2.61. The van der Waals surface area contributed by atoms with Crippen molar-refractivity contribution in [1.82, 2.24) is 10.2 Å². The maximum Gasteiger partial charge on any atom is 0.231 e. The van der Waals surface area contributed by atoms with Crippen molar-refractivity contribution < 1.29 is 19.1 Å². The van der Waals surface area contributed by atoms with Gasteiger partial charge in [0.15, 0.2) is 5.96 Å². The van der Waals surface area contributed by atoms with Crippen LogP contribution in [0.15, 0.2) is 23.2 Å². The standard InChI is InChI=1S/C27H40N4O4/c1-7-27(5)15-23(32)31(25(28)30-27)21(10-11-34-6)17-13-18(17)24(33)29-20-14-26(3,4)35-22-9-8-16(2)12-19(20)22/h8-9,12,17-18,20-21H,7,10-11,13-15H2,1-6H3,(H2,28,30)(H,29,33). The molecule has 2 amide bonds. The topological polar surface area (TPSA) is 106 Å². The van der Waals surface area contributed by atoms with Crippen molar-refractivity contribution in [3.05, 3.63) is 29.3 Å². The lowest BCUT2D eigenvalue weighted by Gasteiger charge is -2.39. The van der Waals surface area contributed by atoms with Gasteiger partial charge in [0.25, 0.3) is 0 Å². The largest absolute Gasteiger partial charge is 0.487 e. The summed E-state index contributed by atoms with van der Waals surface area (Å²) in [6.45, 7) is 10.6. The van der Waals surface area contributed by atoms with Crippen LogP contribution in [-0.4, -0.2) is 53.6 Å². The molecule has 5 atom stereocenters. The Bertz CT molecular complexity index is 1020. The van der Waals surface area contributed by atoms with E-state index in [1.807, 2.05) is 46.8 Å². The lowest BCUT2D eigenvalue weighted by atomic mass is 9.88. The van der Waals surface area contributed by atoms with Crippen molar-refractivity contribution in [3.63, 3.8) is 0 Å². The van der Waals surface area contributed by atoms with Crippen LogP contribution in [0.2, 0.25) is 0 Å². The number of benzene rings is 1. The van der Waals surface area contributed by atoms with E-state index < -0.39 is 5.54 Å². The van der Waals surface area contributed by atoms with Gasteiger partial charge in [0.1, 0.15) is 11.4 Å². The Kier molecular flexibility index (Phi) is 6.88. The number of hydrogen-bond acceptors (Lipinski definition) is 6. The molecule has 4 rings (SSSR count). The van der Waals surface area contributed by atoms with Crippen molar-refractivity contribution in [2.24, 2.45) is 22.6 Å². The van der Waals surface area contributed by atoms with Gasteiger partial charge in [-0.05, 0) is 58.9 Å². The lowest BCUT2D eigenvalue weighted by molar-refractivity contribution is -0.132. The van der Waals surface area contributed by atoms with Crippen LogP contribution in [0.25, 0.3) is 0 Å². The van der Waals surface area contributed by atoms with Gasteiger partial charge in [-0.2, -0.15) is 0 Å². The second-order valence-corrected chi connectivity index (χ2v) is 11.3. The Morgan fingerprint density at radius 3 is 2.77 bits per heavy atom. The van der Waals surface area contributed by atoms with Gasteiger partial charge >= 0.3 is 0 Å². The fourth-order valence-corrected chi connectivity index (χ4v) is 5.56. The van der Waals surface area contributed by atoms with Gasteiger partial charge in [-0.1, -0.05) is 24.6 Å². The number of aliphatic imine (C=N–C) groups is 1. The van der Waals surface area contributed by atoms with E-state index in [0.29, 0.717) is 25.9 Å². The predicted molar refractivity (Wildman–Crippen MR) is 135 cm³/mol. The smallest absolute Gasteiger partial charge is 0.231 e. The van der Waals surface area contributed by atoms with E-state index in [1.54, 1.807) is 12.0 Å². The molecule has 3 N–H and O–H groups in total. The van der Waals surface area contributed by atoms with Gasteiger partial charge in [-0.25, -0.2) is 4.99 Å². The van der Waals surface area contributed by atoms with Crippen molar-refractivity contribution in [2.45, 2.75) is 89.9 Å². The number of fused-ring (bicyclic) bond motifs is 1. The van der Waals surface area contributed by atoms with Gasteiger partial charge in [0.05, 0.1) is 18.0 Å². The highest BCUT2D eigenvalue weighted by Crippen LogP contribution is 2.47. The first-order valence-corrected chi connectivity index (χ1v) is 12.7. The van der Waals surface area contributed by atoms with Gasteiger partial charge in [0, 0.05) is 37.7 Å². The van der Waals surface area contributed by atoms with E-state index in [4.69, 9.17) is 15.2 Å². The number of rotatable bonds is 8. The highest BCUT2D eigenvalue weighted by atomic mass is 16.5. The van der Waals surface area contributed by atoms with Gasteiger partial charge in [0.2, 0.25) is 11.8 Å². The first-order chi connectivity index (χ1) is 16.5. The minimum absolute atomic E-state index is 0.0194. The lowest BCUT2D eigenvalue weighted by Crippen LogP contribution is -2.56. The normalized spacial score (nSPS) is 30.1. The number of nitrogens with zero attached hydrogens (tertiary/aromatic N) is 2. The molecule has 1 aromatic carbocycles. The number of ether oxygens (including phenoxy) is 2. The molecule has 35 heavy (non-hydrogen) atoms. The second-order valence-electron chi connectivity index (χ2n) is 11.3. The molecule has 0 spiro atoms. The van der Waals surface area contributed by atoms with Crippen LogP contribution in [0, 0.1) is 18.8 Å². The second kappa shape index (κ2) is 9.45.